The number of para-hydroxylation sites is 1. The van der Waals surface area contributed by atoms with Crippen molar-refractivity contribution in [3.8, 4) is 0 Å². The summed E-state index contributed by atoms with van der Waals surface area (Å²) < 4.78 is 0.973. The highest BCUT2D eigenvalue weighted by atomic mass is 79.9. The molecule has 1 saturated heterocycles. The Hall–Kier alpha value is -2.93. The van der Waals surface area contributed by atoms with Crippen LogP contribution in [-0.4, -0.2) is 45.5 Å². The van der Waals surface area contributed by atoms with Crippen LogP contribution in [0.4, 0.5) is 0 Å². The van der Waals surface area contributed by atoms with Crippen molar-refractivity contribution in [3.05, 3.63) is 69.8 Å². The molecule has 1 atom stereocenters. The molecule has 6 nitrogen and oxygen atoms in total. The van der Waals surface area contributed by atoms with Gasteiger partial charge in [-0.15, -0.1) is 0 Å². The number of H-pyrrole nitrogens is 1. The van der Waals surface area contributed by atoms with Crippen LogP contribution in [0.3, 0.4) is 0 Å². The van der Waals surface area contributed by atoms with Gasteiger partial charge in [-0.05, 0) is 29.3 Å². The third-order valence-electron chi connectivity index (χ3n) is 5.37. The van der Waals surface area contributed by atoms with E-state index in [4.69, 9.17) is 0 Å². The maximum Gasteiger partial charge on any atom is 0.266 e. The van der Waals surface area contributed by atoms with Gasteiger partial charge in [-0.2, -0.15) is 5.10 Å². The number of rotatable bonds is 2. The smallest absolute Gasteiger partial charge is 0.266 e. The fourth-order valence-corrected chi connectivity index (χ4v) is 4.21. The number of fused-ring (bicyclic) bond motifs is 4. The Morgan fingerprint density at radius 2 is 1.86 bits per heavy atom. The van der Waals surface area contributed by atoms with Crippen molar-refractivity contribution in [1.82, 2.24) is 14.9 Å². The summed E-state index contributed by atoms with van der Waals surface area (Å²) in [5, 5.41) is 6.72. The number of piperazine rings is 1. The van der Waals surface area contributed by atoms with Crippen molar-refractivity contribution in [2.75, 3.05) is 6.54 Å². The first-order valence-electron chi connectivity index (χ1n) is 9.09. The summed E-state index contributed by atoms with van der Waals surface area (Å²) in [7, 11) is 0. The average molecular weight is 437 g/mol. The van der Waals surface area contributed by atoms with Crippen molar-refractivity contribution in [3.63, 3.8) is 0 Å². The number of hydrazone groups is 1. The maximum absolute atomic E-state index is 13.0. The Morgan fingerprint density at radius 3 is 2.68 bits per heavy atom. The number of aromatic amines is 1. The molecular formula is C21H17BrN4O2. The predicted octanol–water partition coefficient (Wildman–Crippen LogP) is 3.06. The molecule has 0 unspecified atom stereocenters. The minimum Gasteiger partial charge on any atom is -0.357 e. The summed E-state index contributed by atoms with van der Waals surface area (Å²) >= 11 is 3.39. The zero-order valence-electron chi connectivity index (χ0n) is 14.9. The molecule has 3 aromatic rings. The van der Waals surface area contributed by atoms with Crippen molar-refractivity contribution in [1.29, 1.82) is 0 Å². The Morgan fingerprint density at radius 1 is 1.07 bits per heavy atom. The van der Waals surface area contributed by atoms with Crippen molar-refractivity contribution < 1.29 is 9.59 Å². The van der Waals surface area contributed by atoms with E-state index in [-0.39, 0.29) is 18.4 Å². The van der Waals surface area contributed by atoms with Crippen LogP contribution in [0.1, 0.15) is 16.8 Å². The first kappa shape index (κ1) is 17.2. The van der Waals surface area contributed by atoms with E-state index < -0.39 is 6.04 Å². The highest BCUT2D eigenvalue weighted by Gasteiger charge is 2.43. The Labute approximate surface area is 169 Å². The zero-order valence-corrected chi connectivity index (χ0v) is 16.5. The number of nitrogens with zero attached hydrogens (tertiary/aromatic N) is 3. The van der Waals surface area contributed by atoms with Gasteiger partial charge in [-0.25, -0.2) is 5.01 Å². The van der Waals surface area contributed by atoms with Gasteiger partial charge in [0.15, 0.2) is 0 Å². The molecule has 0 spiro atoms. The van der Waals surface area contributed by atoms with Crippen molar-refractivity contribution >= 4 is 44.9 Å². The molecule has 1 fully saturated rings. The molecule has 140 valence electrons. The van der Waals surface area contributed by atoms with Gasteiger partial charge in [0.1, 0.15) is 12.6 Å². The monoisotopic (exact) mass is 436 g/mol. The topological polar surface area (TPSA) is 68.8 Å². The summed E-state index contributed by atoms with van der Waals surface area (Å²) in [4.78, 5) is 30.8. The molecule has 0 saturated carbocycles. The van der Waals surface area contributed by atoms with Crippen LogP contribution >= 0.6 is 15.9 Å². The molecule has 1 aromatic heterocycles. The molecule has 3 heterocycles. The lowest BCUT2D eigenvalue weighted by Gasteiger charge is -2.40. The van der Waals surface area contributed by atoms with Crippen LogP contribution in [-0.2, 0) is 22.6 Å². The number of amides is 2. The number of hydrogen-bond donors (Lipinski definition) is 1. The SMILES string of the molecule is O=C1[C@@H]2Cc3c([nH]c4ccccc34)CN2C(=O)CN1/N=C/c1ccc(Br)cc1. The minimum absolute atomic E-state index is 0.0298. The first-order chi connectivity index (χ1) is 13.6. The van der Waals surface area contributed by atoms with Crippen molar-refractivity contribution in [2.45, 2.75) is 19.0 Å². The normalized spacial score (nSPS) is 19.4. The number of hydrogen-bond acceptors (Lipinski definition) is 3. The number of carbonyl (C=O) groups is 2. The quantitative estimate of drug-likeness (QED) is 0.627. The second-order valence-electron chi connectivity index (χ2n) is 7.06. The van der Waals surface area contributed by atoms with Gasteiger partial charge < -0.3 is 9.88 Å². The molecule has 5 rings (SSSR count). The van der Waals surface area contributed by atoms with Crippen LogP contribution in [0.25, 0.3) is 10.9 Å². The van der Waals surface area contributed by atoms with Crippen LogP contribution in [0.2, 0.25) is 0 Å². The van der Waals surface area contributed by atoms with Gasteiger partial charge in [0.05, 0.1) is 12.8 Å². The highest BCUT2D eigenvalue weighted by Crippen LogP contribution is 2.32. The Kier molecular flexibility index (Phi) is 4.05. The van der Waals surface area contributed by atoms with E-state index in [0.29, 0.717) is 13.0 Å². The number of aromatic nitrogens is 1. The van der Waals surface area contributed by atoms with E-state index in [2.05, 4.69) is 32.1 Å². The summed E-state index contributed by atoms with van der Waals surface area (Å²) in [6.07, 6.45) is 2.13. The lowest BCUT2D eigenvalue weighted by Crippen LogP contribution is -2.60. The van der Waals surface area contributed by atoms with Gasteiger partial charge in [0.25, 0.3) is 5.91 Å². The number of nitrogens with one attached hydrogen (secondary N) is 1. The molecule has 2 aliphatic rings. The molecule has 28 heavy (non-hydrogen) atoms. The van der Waals surface area contributed by atoms with E-state index in [1.54, 1.807) is 11.1 Å². The summed E-state index contributed by atoms with van der Waals surface area (Å²) in [5.74, 6) is -0.217. The summed E-state index contributed by atoms with van der Waals surface area (Å²) in [5.41, 5.74) is 4.05. The molecule has 2 aromatic carbocycles. The average Bonchev–Trinajstić information content (AvgIpc) is 3.07. The summed E-state index contributed by atoms with van der Waals surface area (Å²) in [6, 6.07) is 15.2. The van der Waals surface area contributed by atoms with E-state index in [9.17, 15) is 9.59 Å². The molecular weight excluding hydrogens is 420 g/mol. The molecule has 2 aliphatic heterocycles. The van der Waals surface area contributed by atoms with Gasteiger partial charge >= 0.3 is 0 Å². The molecule has 0 bridgehead atoms. The van der Waals surface area contributed by atoms with Crippen LogP contribution in [0.5, 0.6) is 0 Å². The second-order valence-corrected chi connectivity index (χ2v) is 7.98. The highest BCUT2D eigenvalue weighted by molar-refractivity contribution is 9.10. The molecule has 0 aliphatic carbocycles. The zero-order chi connectivity index (χ0) is 19.3. The van der Waals surface area contributed by atoms with E-state index in [1.807, 2.05) is 42.5 Å². The Balaban J connectivity index is 1.44. The van der Waals surface area contributed by atoms with Crippen LogP contribution in [0, 0.1) is 0 Å². The minimum atomic E-state index is -0.505. The van der Waals surface area contributed by atoms with Gasteiger partial charge in [0.2, 0.25) is 5.91 Å². The number of benzene rings is 2. The van der Waals surface area contributed by atoms with Gasteiger partial charge in [-0.1, -0.05) is 46.3 Å². The number of halogens is 1. The maximum atomic E-state index is 13.0. The summed E-state index contributed by atoms with van der Waals surface area (Å²) in [6.45, 7) is 0.404. The van der Waals surface area contributed by atoms with Crippen LogP contribution < -0.4 is 0 Å². The lowest BCUT2D eigenvalue weighted by atomic mass is 9.94. The third-order valence-corrected chi connectivity index (χ3v) is 5.89. The third kappa shape index (κ3) is 2.82. The largest absolute Gasteiger partial charge is 0.357 e. The first-order valence-corrected chi connectivity index (χ1v) is 9.88. The Bertz CT molecular complexity index is 1120. The predicted molar refractivity (Wildman–Crippen MR) is 110 cm³/mol. The van der Waals surface area contributed by atoms with Crippen LogP contribution in [0.15, 0.2) is 58.1 Å². The molecule has 0 radical (unpaired) electrons. The fourth-order valence-electron chi connectivity index (χ4n) is 3.94. The number of carbonyl (C=O) groups excluding carboxylic acids is 2. The lowest BCUT2D eigenvalue weighted by molar-refractivity contribution is -0.157. The van der Waals surface area contributed by atoms with E-state index >= 15 is 0 Å². The molecule has 7 heteroatoms. The standard InChI is InChI=1S/C21H17BrN4O2/c22-14-7-5-13(6-8-14)10-23-26-12-20(27)25-11-18-16(9-19(25)21(26)28)15-3-1-2-4-17(15)24-18/h1-8,10,19,24H,9,11-12H2/b23-10+/t19-/m0/s1. The fraction of sp³-hybridized carbons (Fsp3) is 0.190. The van der Waals surface area contributed by atoms with E-state index in [0.717, 1.165) is 32.2 Å². The van der Waals surface area contributed by atoms with Gasteiger partial charge in [0, 0.05) is 27.5 Å². The molecule has 1 N–H and O–H groups in total. The van der Waals surface area contributed by atoms with Gasteiger partial charge in [-0.3, -0.25) is 9.59 Å². The van der Waals surface area contributed by atoms with E-state index in [1.165, 1.54) is 5.01 Å². The van der Waals surface area contributed by atoms with Crippen molar-refractivity contribution in [2.24, 2.45) is 5.10 Å². The second kappa shape index (κ2) is 6.60. The molecule has 2 amide bonds.